The normalized spacial score (nSPS) is 22.6. The van der Waals surface area contributed by atoms with Crippen LogP contribution in [-0.2, 0) is 10.4 Å². The van der Waals surface area contributed by atoms with Gasteiger partial charge >= 0.3 is 0 Å². The SMILES string of the molecule is CCC(C)C=CCN1CCC(NC(=O)C(O)(c2ccccc2)C2CCCC2)CC1. The van der Waals surface area contributed by atoms with Gasteiger partial charge < -0.3 is 10.4 Å². The number of likely N-dealkylation sites (tertiary alicyclic amines) is 1. The van der Waals surface area contributed by atoms with E-state index in [1.807, 2.05) is 30.3 Å². The van der Waals surface area contributed by atoms with Crippen molar-refractivity contribution in [1.29, 1.82) is 0 Å². The highest BCUT2D eigenvalue weighted by atomic mass is 16.3. The predicted octanol–water partition coefficient (Wildman–Crippen LogP) is 4.25. The number of nitrogens with zero attached hydrogens (tertiary/aromatic N) is 1. The number of carbonyl (C=O) groups is 1. The Morgan fingerprint density at radius 2 is 1.86 bits per heavy atom. The molecular weight excluding hydrogens is 360 g/mol. The van der Waals surface area contributed by atoms with Gasteiger partial charge in [-0.3, -0.25) is 9.69 Å². The summed E-state index contributed by atoms with van der Waals surface area (Å²) in [5, 5.41) is 14.8. The van der Waals surface area contributed by atoms with Gasteiger partial charge in [0, 0.05) is 31.6 Å². The second-order valence-corrected chi connectivity index (χ2v) is 8.98. The van der Waals surface area contributed by atoms with Crippen molar-refractivity contribution < 1.29 is 9.90 Å². The fraction of sp³-hybridized carbons (Fsp3) is 0.640. The van der Waals surface area contributed by atoms with Crippen molar-refractivity contribution in [3.63, 3.8) is 0 Å². The number of rotatable bonds is 8. The van der Waals surface area contributed by atoms with E-state index in [1.165, 1.54) is 6.42 Å². The molecule has 29 heavy (non-hydrogen) atoms. The monoisotopic (exact) mass is 398 g/mol. The molecule has 2 atom stereocenters. The summed E-state index contributed by atoms with van der Waals surface area (Å²) in [6.45, 7) is 7.43. The summed E-state index contributed by atoms with van der Waals surface area (Å²) in [4.78, 5) is 15.7. The van der Waals surface area contributed by atoms with Crippen LogP contribution in [-0.4, -0.2) is 41.6 Å². The first-order chi connectivity index (χ1) is 14.0. The average Bonchev–Trinajstić information content (AvgIpc) is 3.30. The summed E-state index contributed by atoms with van der Waals surface area (Å²) >= 11 is 0. The Morgan fingerprint density at radius 1 is 1.21 bits per heavy atom. The second kappa shape index (κ2) is 10.4. The van der Waals surface area contributed by atoms with E-state index in [-0.39, 0.29) is 17.9 Å². The molecule has 1 aliphatic carbocycles. The first-order valence-electron chi connectivity index (χ1n) is 11.5. The summed E-state index contributed by atoms with van der Waals surface area (Å²) in [5.41, 5.74) is -0.675. The smallest absolute Gasteiger partial charge is 0.257 e. The van der Waals surface area contributed by atoms with Gasteiger partial charge in [-0.25, -0.2) is 0 Å². The average molecular weight is 399 g/mol. The van der Waals surface area contributed by atoms with Crippen LogP contribution < -0.4 is 5.32 Å². The molecule has 1 saturated heterocycles. The van der Waals surface area contributed by atoms with Crippen LogP contribution in [0.3, 0.4) is 0 Å². The lowest BCUT2D eigenvalue weighted by Gasteiger charge is -2.37. The number of amides is 1. The Hall–Kier alpha value is -1.65. The molecule has 1 heterocycles. The van der Waals surface area contributed by atoms with Crippen molar-refractivity contribution >= 4 is 5.91 Å². The lowest BCUT2D eigenvalue weighted by molar-refractivity contribution is -0.148. The Morgan fingerprint density at radius 3 is 2.48 bits per heavy atom. The van der Waals surface area contributed by atoms with Crippen molar-refractivity contribution in [1.82, 2.24) is 10.2 Å². The number of carbonyl (C=O) groups excluding carboxylic acids is 1. The molecular formula is C25H38N2O2. The van der Waals surface area contributed by atoms with Crippen LogP contribution in [0.25, 0.3) is 0 Å². The van der Waals surface area contributed by atoms with E-state index in [1.54, 1.807) is 0 Å². The van der Waals surface area contributed by atoms with Gasteiger partial charge in [-0.15, -0.1) is 0 Å². The van der Waals surface area contributed by atoms with Gasteiger partial charge in [-0.2, -0.15) is 0 Å². The van der Waals surface area contributed by atoms with Crippen LogP contribution in [0.4, 0.5) is 0 Å². The van der Waals surface area contributed by atoms with Gasteiger partial charge in [-0.1, -0.05) is 75.6 Å². The standard InChI is InChI=1S/C25H38N2O2/c1-3-20(2)10-9-17-27-18-15-23(16-19-27)26-24(28)25(29,22-13-7-8-14-22)21-11-5-4-6-12-21/h4-6,9-12,20,22-23,29H,3,7-8,13-19H2,1-2H3,(H,26,28). The zero-order valence-electron chi connectivity index (χ0n) is 18.1. The van der Waals surface area contributed by atoms with E-state index >= 15 is 0 Å². The number of hydrogen-bond donors (Lipinski definition) is 2. The van der Waals surface area contributed by atoms with E-state index in [0.29, 0.717) is 5.92 Å². The molecule has 0 bridgehead atoms. The molecule has 0 spiro atoms. The van der Waals surface area contributed by atoms with Gasteiger partial charge in [0.1, 0.15) is 0 Å². The molecule has 1 aromatic carbocycles. The highest BCUT2D eigenvalue weighted by Gasteiger charge is 2.46. The van der Waals surface area contributed by atoms with Crippen molar-refractivity contribution in [2.24, 2.45) is 11.8 Å². The van der Waals surface area contributed by atoms with E-state index in [0.717, 1.165) is 63.7 Å². The highest BCUT2D eigenvalue weighted by molar-refractivity contribution is 5.87. The van der Waals surface area contributed by atoms with Crippen molar-refractivity contribution in [2.75, 3.05) is 19.6 Å². The lowest BCUT2D eigenvalue weighted by Crippen LogP contribution is -2.54. The van der Waals surface area contributed by atoms with Gasteiger partial charge in [0.25, 0.3) is 5.91 Å². The number of piperidine rings is 1. The Balaban J connectivity index is 1.58. The topological polar surface area (TPSA) is 52.6 Å². The predicted molar refractivity (Wildman–Crippen MR) is 118 cm³/mol. The van der Waals surface area contributed by atoms with Gasteiger partial charge in [0.05, 0.1) is 0 Å². The minimum Gasteiger partial charge on any atom is -0.375 e. The molecule has 1 amide bonds. The number of nitrogens with one attached hydrogen (secondary N) is 1. The molecule has 0 radical (unpaired) electrons. The first kappa shape index (κ1) is 22.0. The largest absolute Gasteiger partial charge is 0.375 e. The fourth-order valence-corrected chi connectivity index (χ4v) is 4.72. The quantitative estimate of drug-likeness (QED) is 0.644. The molecule has 160 valence electrons. The van der Waals surface area contributed by atoms with Crippen LogP contribution in [0.15, 0.2) is 42.5 Å². The maximum atomic E-state index is 13.3. The van der Waals surface area contributed by atoms with Crippen LogP contribution in [0.5, 0.6) is 0 Å². The molecule has 4 nitrogen and oxygen atoms in total. The molecule has 1 aromatic rings. The Kier molecular flexibility index (Phi) is 7.91. The molecule has 0 aromatic heterocycles. The van der Waals surface area contributed by atoms with Crippen molar-refractivity contribution in [3.8, 4) is 0 Å². The zero-order valence-corrected chi connectivity index (χ0v) is 18.1. The van der Waals surface area contributed by atoms with Crippen molar-refractivity contribution in [2.45, 2.75) is 70.4 Å². The van der Waals surface area contributed by atoms with E-state index < -0.39 is 5.60 Å². The Labute approximate surface area is 176 Å². The highest BCUT2D eigenvalue weighted by Crippen LogP contribution is 2.41. The third kappa shape index (κ3) is 5.49. The van der Waals surface area contributed by atoms with Crippen LogP contribution in [0.1, 0.15) is 64.4 Å². The molecule has 2 fully saturated rings. The minimum atomic E-state index is -1.41. The summed E-state index contributed by atoms with van der Waals surface area (Å²) in [6.07, 6.45) is 11.7. The van der Waals surface area contributed by atoms with Gasteiger partial charge in [-0.05, 0) is 37.2 Å². The number of hydrogen-bond acceptors (Lipinski definition) is 3. The lowest BCUT2D eigenvalue weighted by atomic mass is 9.79. The molecule has 2 unspecified atom stereocenters. The Bertz CT molecular complexity index is 661. The number of allylic oxidation sites excluding steroid dienone is 1. The van der Waals surface area contributed by atoms with Gasteiger partial charge in [0.15, 0.2) is 5.60 Å². The zero-order chi connectivity index (χ0) is 20.7. The molecule has 4 heteroatoms. The third-order valence-electron chi connectivity index (χ3n) is 6.90. The summed E-state index contributed by atoms with van der Waals surface area (Å²) in [6, 6.07) is 9.69. The first-order valence-corrected chi connectivity index (χ1v) is 11.5. The minimum absolute atomic E-state index is 0.00989. The maximum Gasteiger partial charge on any atom is 0.257 e. The second-order valence-electron chi connectivity index (χ2n) is 8.98. The molecule has 2 aliphatic rings. The maximum absolute atomic E-state index is 13.3. The summed E-state index contributed by atoms with van der Waals surface area (Å²) in [7, 11) is 0. The van der Waals surface area contributed by atoms with Gasteiger partial charge in [0.2, 0.25) is 0 Å². The number of aliphatic hydroxyl groups is 1. The van der Waals surface area contributed by atoms with Crippen molar-refractivity contribution in [3.05, 3.63) is 48.0 Å². The van der Waals surface area contributed by atoms with E-state index in [9.17, 15) is 9.90 Å². The molecule has 2 N–H and O–H groups in total. The van der Waals surface area contributed by atoms with E-state index in [2.05, 4.69) is 36.2 Å². The summed E-state index contributed by atoms with van der Waals surface area (Å²) in [5.74, 6) is 0.444. The van der Waals surface area contributed by atoms with Crippen LogP contribution in [0, 0.1) is 11.8 Å². The summed E-state index contributed by atoms with van der Waals surface area (Å²) < 4.78 is 0. The number of benzene rings is 1. The van der Waals surface area contributed by atoms with Crippen LogP contribution >= 0.6 is 0 Å². The molecule has 1 aliphatic heterocycles. The molecule has 1 saturated carbocycles. The van der Waals surface area contributed by atoms with E-state index in [4.69, 9.17) is 0 Å². The van der Waals surface area contributed by atoms with Crippen LogP contribution in [0.2, 0.25) is 0 Å². The fourth-order valence-electron chi connectivity index (χ4n) is 4.72. The molecule has 3 rings (SSSR count). The third-order valence-corrected chi connectivity index (χ3v) is 6.90.